The van der Waals surface area contributed by atoms with Gasteiger partial charge in [-0.2, -0.15) is 5.10 Å². The maximum atomic E-state index is 12.0. The van der Waals surface area contributed by atoms with Gasteiger partial charge in [0.15, 0.2) is 0 Å². The van der Waals surface area contributed by atoms with Gasteiger partial charge >= 0.3 is 0 Å². The third kappa shape index (κ3) is 3.51. The monoisotopic (exact) mass is 378 g/mol. The molecule has 1 atom stereocenters. The van der Waals surface area contributed by atoms with Gasteiger partial charge in [-0.25, -0.2) is 23.1 Å². The van der Waals surface area contributed by atoms with E-state index in [0.717, 1.165) is 24.4 Å². The zero-order chi connectivity index (χ0) is 18.1. The van der Waals surface area contributed by atoms with Gasteiger partial charge in [-0.15, -0.1) is 0 Å². The van der Waals surface area contributed by atoms with Crippen LogP contribution in [0.1, 0.15) is 31.0 Å². The van der Waals surface area contributed by atoms with Gasteiger partial charge in [0.05, 0.1) is 30.6 Å². The minimum absolute atomic E-state index is 0.0663. The number of nitrogens with zero attached hydrogens (tertiary/aromatic N) is 5. The molecule has 2 aromatic rings. The van der Waals surface area contributed by atoms with Crippen molar-refractivity contribution < 1.29 is 13.2 Å². The molecule has 1 N–H and O–H groups in total. The van der Waals surface area contributed by atoms with E-state index in [0.29, 0.717) is 31.9 Å². The van der Waals surface area contributed by atoms with Crippen LogP contribution >= 0.6 is 0 Å². The molecular weight excluding hydrogens is 356 g/mol. The number of aromatic nitrogens is 4. The summed E-state index contributed by atoms with van der Waals surface area (Å²) in [6.07, 6.45) is 5.47. The van der Waals surface area contributed by atoms with Crippen LogP contribution in [0.5, 0.6) is 5.88 Å². The zero-order valence-corrected chi connectivity index (χ0v) is 15.4. The molecule has 2 aliphatic rings. The molecule has 1 aliphatic carbocycles. The van der Waals surface area contributed by atoms with Gasteiger partial charge in [-0.1, -0.05) is 0 Å². The second-order valence-corrected chi connectivity index (χ2v) is 8.69. The maximum absolute atomic E-state index is 12.0. The Balaban J connectivity index is 1.47. The molecule has 1 saturated carbocycles. The second-order valence-electron chi connectivity index (χ2n) is 6.65. The Labute approximate surface area is 152 Å². The molecular formula is C16H22N6O3S. The molecule has 140 valence electrons. The quantitative estimate of drug-likeness (QED) is 0.757. The maximum Gasteiger partial charge on any atom is 0.218 e. The van der Waals surface area contributed by atoms with Gasteiger partial charge in [0, 0.05) is 25.4 Å². The molecule has 0 amide bonds. The highest BCUT2D eigenvalue weighted by atomic mass is 32.2. The number of nitrogens with one attached hydrogen (secondary N) is 1. The third-order valence-corrected chi connectivity index (χ3v) is 6.74. The van der Waals surface area contributed by atoms with Crippen LogP contribution in [0, 0.1) is 0 Å². The van der Waals surface area contributed by atoms with Crippen molar-refractivity contribution in [3.05, 3.63) is 30.4 Å². The average Bonchev–Trinajstić information content (AvgIpc) is 3.40. The zero-order valence-electron chi connectivity index (χ0n) is 14.6. The molecule has 0 radical (unpaired) electrons. The fraction of sp³-hybridized carbons (Fsp3) is 0.562. The van der Waals surface area contributed by atoms with Crippen LogP contribution in [-0.2, 0) is 16.6 Å². The van der Waals surface area contributed by atoms with Crippen LogP contribution in [-0.4, -0.2) is 53.6 Å². The first-order chi connectivity index (χ1) is 12.6. The van der Waals surface area contributed by atoms with E-state index in [1.165, 1.54) is 6.33 Å². The van der Waals surface area contributed by atoms with E-state index in [9.17, 15) is 8.42 Å². The number of sulfonamides is 1. The molecule has 10 heteroatoms. The number of hydrogen-bond donors (Lipinski definition) is 1. The Kier molecular flexibility index (Phi) is 4.53. The summed E-state index contributed by atoms with van der Waals surface area (Å²) in [5, 5.41) is 4.22. The van der Waals surface area contributed by atoms with Crippen LogP contribution in [0.2, 0.25) is 0 Å². The second kappa shape index (κ2) is 6.84. The summed E-state index contributed by atoms with van der Waals surface area (Å²) in [4.78, 5) is 10.5. The van der Waals surface area contributed by atoms with Gasteiger partial charge in [-0.3, -0.25) is 4.68 Å². The highest BCUT2D eigenvalue weighted by Crippen LogP contribution is 2.29. The molecule has 9 nitrogen and oxygen atoms in total. The van der Waals surface area contributed by atoms with Crippen molar-refractivity contribution in [2.24, 2.45) is 0 Å². The number of anilines is 1. The lowest BCUT2D eigenvalue weighted by molar-refractivity contribution is 0.373. The lowest BCUT2D eigenvalue weighted by Crippen LogP contribution is -2.40. The molecule has 1 unspecified atom stereocenters. The van der Waals surface area contributed by atoms with Crippen molar-refractivity contribution in [3.63, 3.8) is 0 Å². The van der Waals surface area contributed by atoms with Crippen LogP contribution in [0.4, 0.5) is 5.82 Å². The Morgan fingerprint density at radius 1 is 1.35 bits per heavy atom. The minimum Gasteiger partial charge on any atom is -0.481 e. The highest BCUT2D eigenvalue weighted by molar-refractivity contribution is 7.90. The van der Waals surface area contributed by atoms with Gasteiger partial charge < -0.3 is 9.64 Å². The predicted molar refractivity (Wildman–Crippen MR) is 95.5 cm³/mol. The Morgan fingerprint density at radius 2 is 2.19 bits per heavy atom. The lowest BCUT2D eigenvalue weighted by Gasteiger charge is -2.34. The summed E-state index contributed by atoms with van der Waals surface area (Å²) in [6, 6.07) is 3.85. The molecule has 0 bridgehead atoms. The van der Waals surface area contributed by atoms with Crippen LogP contribution < -0.4 is 14.4 Å². The molecule has 26 heavy (non-hydrogen) atoms. The topological polar surface area (TPSA) is 102 Å². The third-order valence-electron chi connectivity index (χ3n) is 4.79. The summed E-state index contributed by atoms with van der Waals surface area (Å²) in [7, 11) is -1.58. The van der Waals surface area contributed by atoms with Crippen LogP contribution in [0.15, 0.2) is 24.7 Å². The molecule has 3 heterocycles. The molecule has 0 saturated heterocycles. The summed E-state index contributed by atoms with van der Waals surface area (Å²) in [5.41, 5.74) is 1.07. The fourth-order valence-corrected chi connectivity index (χ4v) is 4.65. The van der Waals surface area contributed by atoms with Crippen molar-refractivity contribution in [1.82, 2.24) is 24.5 Å². The van der Waals surface area contributed by atoms with Gasteiger partial charge in [0.2, 0.25) is 15.9 Å². The molecule has 2 aromatic heterocycles. The number of hydrogen-bond acceptors (Lipinski definition) is 7. The van der Waals surface area contributed by atoms with Crippen molar-refractivity contribution in [2.45, 2.75) is 37.1 Å². The molecule has 1 fully saturated rings. The summed E-state index contributed by atoms with van der Waals surface area (Å²) >= 11 is 0. The summed E-state index contributed by atoms with van der Waals surface area (Å²) in [6.45, 7) is 1.79. The number of rotatable bonds is 7. The first kappa shape index (κ1) is 17.2. The van der Waals surface area contributed by atoms with E-state index < -0.39 is 10.0 Å². The molecule has 0 aromatic carbocycles. The first-order valence-electron chi connectivity index (χ1n) is 8.68. The minimum atomic E-state index is -3.16. The van der Waals surface area contributed by atoms with E-state index in [-0.39, 0.29) is 11.3 Å². The van der Waals surface area contributed by atoms with Gasteiger partial charge in [0.1, 0.15) is 12.1 Å². The van der Waals surface area contributed by atoms with E-state index in [2.05, 4.69) is 24.7 Å². The standard InChI is InChI=1S/C16H22N6O3S/c1-25-16-8-15(17-11-18-16)21-9-12-4-6-19-22(12)13(10-21)5-7-20-26(23,24)14-2-3-14/h4,6,8,11,13-14,20H,2-3,5,7,9-10H2,1H3. The normalized spacial score (nSPS) is 20.0. The Morgan fingerprint density at radius 3 is 2.96 bits per heavy atom. The van der Waals surface area contributed by atoms with Crippen molar-refractivity contribution in [1.29, 1.82) is 0 Å². The lowest BCUT2D eigenvalue weighted by atomic mass is 10.1. The fourth-order valence-electron chi connectivity index (χ4n) is 3.25. The van der Waals surface area contributed by atoms with Crippen molar-refractivity contribution in [2.75, 3.05) is 25.1 Å². The largest absolute Gasteiger partial charge is 0.481 e. The molecule has 1 aliphatic heterocycles. The molecule has 0 spiro atoms. The molecule has 4 rings (SSSR count). The number of fused-ring (bicyclic) bond motifs is 1. The summed E-state index contributed by atoms with van der Waals surface area (Å²) < 4.78 is 33.9. The smallest absolute Gasteiger partial charge is 0.218 e. The average molecular weight is 378 g/mol. The van der Waals surface area contributed by atoms with Gasteiger partial charge in [-0.05, 0) is 25.3 Å². The van der Waals surface area contributed by atoms with Crippen LogP contribution in [0.3, 0.4) is 0 Å². The van der Waals surface area contributed by atoms with E-state index >= 15 is 0 Å². The van der Waals surface area contributed by atoms with E-state index in [4.69, 9.17) is 4.74 Å². The van der Waals surface area contributed by atoms with Crippen LogP contribution in [0.25, 0.3) is 0 Å². The number of ether oxygens (including phenoxy) is 1. The van der Waals surface area contributed by atoms with E-state index in [1.807, 2.05) is 10.7 Å². The first-order valence-corrected chi connectivity index (χ1v) is 10.2. The SMILES string of the molecule is COc1cc(N2Cc3ccnn3C(CCNS(=O)(=O)C3CC3)C2)ncn1. The predicted octanol–water partition coefficient (Wildman–Crippen LogP) is 0.715. The van der Waals surface area contributed by atoms with Crippen molar-refractivity contribution >= 4 is 15.8 Å². The van der Waals surface area contributed by atoms with Gasteiger partial charge in [0.25, 0.3) is 0 Å². The highest BCUT2D eigenvalue weighted by Gasteiger charge is 2.35. The van der Waals surface area contributed by atoms with Crippen molar-refractivity contribution in [3.8, 4) is 5.88 Å². The van der Waals surface area contributed by atoms with E-state index in [1.54, 1.807) is 19.4 Å². The summed E-state index contributed by atoms with van der Waals surface area (Å²) in [5.74, 6) is 1.30. The Hall–Kier alpha value is -2.20. The Bertz CT molecular complexity index is 880. The number of methoxy groups -OCH3 is 1.